The van der Waals surface area contributed by atoms with E-state index in [-0.39, 0.29) is 0 Å². The van der Waals surface area contributed by atoms with Gasteiger partial charge in [0.2, 0.25) is 5.82 Å². The number of hydrogen-bond donors (Lipinski definition) is 2. The van der Waals surface area contributed by atoms with Gasteiger partial charge >= 0.3 is 6.03 Å². The number of tetrazole rings is 1. The van der Waals surface area contributed by atoms with E-state index in [2.05, 4.69) is 66.7 Å². The van der Waals surface area contributed by atoms with E-state index in [4.69, 9.17) is 0 Å². The zero-order valence-corrected chi connectivity index (χ0v) is 20.1. The minimum atomic E-state index is -0.430. The maximum Gasteiger partial charge on any atom is 0.328 e. The largest absolute Gasteiger partial charge is 0.328 e. The summed E-state index contributed by atoms with van der Waals surface area (Å²) in [5.74, 6) is 1.09. The number of urea groups is 1. The van der Waals surface area contributed by atoms with Crippen molar-refractivity contribution in [3.8, 4) is 22.5 Å². The molecule has 0 spiro atoms. The summed E-state index contributed by atoms with van der Waals surface area (Å²) in [6.07, 6.45) is 6.38. The average molecular weight is 483 g/mol. The molecule has 0 saturated carbocycles. The van der Waals surface area contributed by atoms with Gasteiger partial charge in [0.1, 0.15) is 11.5 Å². The Balaban J connectivity index is 1.45. The summed E-state index contributed by atoms with van der Waals surface area (Å²) in [5.41, 5.74) is 5.13. The van der Waals surface area contributed by atoms with Crippen LogP contribution in [0.25, 0.3) is 28.6 Å². The van der Waals surface area contributed by atoms with Crippen LogP contribution in [0.1, 0.15) is 36.8 Å². The average Bonchev–Trinajstić information content (AvgIpc) is 3.61. The molecule has 1 fully saturated rings. The molecule has 3 heterocycles. The van der Waals surface area contributed by atoms with E-state index >= 15 is 0 Å². The van der Waals surface area contributed by atoms with Gasteiger partial charge in [-0.15, -0.1) is 10.2 Å². The predicted octanol–water partition coefficient (Wildman–Crippen LogP) is 3.64. The van der Waals surface area contributed by atoms with E-state index in [0.29, 0.717) is 18.1 Å². The summed E-state index contributed by atoms with van der Waals surface area (Å²) >= 11 is 0. The molecule has 2 aromatic heterocycles. The van der Waals surface area contributed by atoms with Crippen LogP contribution in [0.15, 0.2) is 60.4 Å². The number of carbonyl (C=O) groups is 2. The Morgan fingerprint density at radius 1 is 1.03 bits per heavy atom. The fourth-order valence-electron chi connectivity index (χ4n) is 4.25. The lowest BCUT2D eigenvalue weighted by Crippen LogP contribution is -2.24. The number of carbonyl (C=O) groups excluding carboxylic acids is 2. The van der Waals surface area contributed by atoms with Crippen molar-refractivity contribution in [2.24, 2.45) is 0 Å². The molecule has 1 aliphatic heterocycles. The molecule has 4 aromatic rings. The van der Waals surface area contributed by atoms with Gasteiger partial charge < -0.3 is 4.57 Å². The minimum absolute atomic E-state index is 0.302. The molecule has 0 atom stereocenters. The minimum Gasteiger partial charge on any atom is -0.324 e. The number of likely N-dealkylation sites (N-methyl/N-ethyl adjacent to an activating group) is 1. The second-order valence-electron chi connectivity index (χ2n) is 8.61. The molecule has 1 saturated heterocycles. The van der Waals surface area contributed by atoms with Gasteiger partial charge in [0, 0.05) is 25.6 Å². The molecule has 2 aromatic carbocycles. The quantitative estimate of drug-likeness (QED) is 0.292. The molecular formula is C26H26N8O2. The van der Waals surface area contributed by atoms with Crippen molar-refractivity contribution in [1.82, 2.24) is 40.4 Å². The SMILES string of the molecule is CCCCc1ncc(/C=C2/C(=O)NC(=O)N2C)n1Cc1ccc(-c2ccccc2-c2nn[nH]n2)cc1. The molecular weight excluding hydrogens is 456 g/mol. The van der Waals surface area contributed by atoms with Crippen LogP contribution in [0.4, 0.5) is 4.79 Å². The molecule has 0 unspecified atom stereocenters. The van der Waals surface area contributed by atoms with Crippen LogP contribution < -0.4 is 5.32 Å². The number of aromatic nitrogens is 6. The van der Waals surface area contributed by atoms with Crippen molar-refractivity contribution in [2.75, 3.05) is 7.05 Å². The number of unbranched alkanes of at least 4 members (excludes halogenated alkanes) is 1. The highest BCUT2D eigenvalue weighted by Crippen LogP contribution is 2.30. The van der Waals surface area contributed by atoms with Crippen molar-refractivity contribution < 1.29 is 9.59 Å². The zero-order valence-electron chi connectivity index (χ0n) is 20.1. The second-order valence-corrected chi connectivity index (χ2v) is 8.61. The van der Waals surface area contributed by atoms with E-state index in [1.165, 1.54) is 4.90 Å². The highest BCUT2D eigenvalue weighted by Gasteiger charge is 2.30. The molecule has 10 nitrogen and oxygen atoms in total. The number of imidazole rings is 1. The van der Waals surface area contributed by atoms with Gasteiger partial charge in [0.15, 0.2) is 0 Å². The number of nitrogens with one attached hydrogen (secondary N) is 2. The Hall–Kier alpha value is -4.60. The van der Waals surface area contributed by atoms with E-state index < -0.39 is 11.9 Å². The Morgan fingerprint density at radius 2 is 1.81 bits per heavy atom. The van der Waals surface area contributed by atoms with Crippen molar-refractivity contribution in [2.45, 2.75) is 32.7 Å². The zero-order chi connectivity index (χ0) is 25.1. The highest BCUT2D eigenvalue weighted by molar-refractivity contribution is 6.13. The molecule has 3 amide bonds. The topological polar surface area (TPSA) is 122 Å². The molecule has 182 valence electrons. The third kappa shape index (κ3) is 4.52. The van der Waals surface area contributed by atoms with Gasteiger partial charge in [-0.25, -0.2) is 9.78 Å². The smallest absolute Gasteiger partial charge is 0.324 e. The maximum absolute atomic E-state index is 12.2. The third-order valence-electron chi connectivity index (χ3n) is 6.25. The van der Waals surface area contributed by atoms with Gasteiger partial charge in [-0.2, -0.15) is 5.21 Å². The van der Waals surface area contributed by atoms with E-state index in [1.54, 1.807) is 19.3 Å². The van der Waals surface area contributed by atoms with Crippen molar-refractivity contribution in [1.29, 1.82) is 0 Å². The number of hydrogen-bond acceptors (Lipinski definition) is 6. The molecule has 36 heavy (non-hydrogen) atoms. The van der Waals surface area contributed by atoms with Crippen LogP contribution in [-0.4, -0.2) is 54.1 Å². The Morgan fingerprint density at radius 3 is 2.47 bits per heavy atom. The summed E-state index contributed by atoms with van der Waals surface area (Å²) in [6.45, 7) is 2.73. The first-order valence-electron chi connectivity index (χ1n) is 11.8. The maximum atomic E-state index is 12.2. The number of H-pyrrole nitrogens is 1. The Labute approximate surface area is 208 Å². The van der Waals surface area contributed by atoms with E-state index in [0.717, 1.165) is 53.0 Å². The van der Waals surface area contributed by atoms with E-state index in [1.807, 2.05) is 24.3 Å². The van der Waals surface area contributed by atoms with Crippen LogP contribution in [0.3, 0.4) is 0 Å². The fraction of sp³-hybridized carbons (Fsp3) is 0.231. The number of amides is 3. The first-order chi connectivity index (χ1) is 17.5. The monoisotopic (exact) mass is 482 g/mol. The van der Waals surface area contributed by atoms with Crippen LogP contribution in [0, 0.1) is 0 Å². The number of benzene rings is 2. The third-order valence-corrected chi connectivity index (χ3v) is 6.25. The summed E-state index contributed by atoms with van der Waals surface area (Å²) < 4.78 is 2.11. The lowest BCUT2D eigenvalue weighted by molar-refractivity contribution is -0.115. The molecule has 5 rings (SSSR count). The number of nitrogens with zero attached hydrogens (tertiary/aromatic N) is 6. The van der Waals surface area contributed by atoms with Crippen LogP contribution in [-0.2, 0) is 17.8 Å². The van der Waals surface area contributed by atoms with Crippen LogP contribution in [0.2, 0.25) is 0 Å². The summed E-state index contributed by atoms with van der Waals surface area (Å²) in [5, 5.41) is 16.8. The fourth-order valence-corrected chi connectivity index (χ4v) is 4.25. The lowest BCUT2D eigenvalue weighted by atomic mass is 9.98. The number of imide groups is 1. The summed E-state index contributed by atoms with van der Waals surface area (Å²) in [6, 6.07) is 15.8. The van der Waals surface area contributed by atoms with Gasteiger partial charge in [-0.3, -0.25) is 15.0 Å². The van der Waals surface area contributed by atoms with Gasteiger partial charge in [0.25, 0.3) is 5.91 Å². The lowest BCUT2D eigenvalue weighted by Gasteiger charge is -2.13. The summed E-state index contributed by atoms with van der Waals surface area (Å²) in [4.78, 5) is 30.1. The van der Waals surface area contributed by atoms with Gasteiger partial charge in [0.05, 0.1) is 11.9 Å². The Kier molecular flexibility index (Phi) is 6.40. The number of rotatable bonds is 8. The van der Waals surface area contributed by atoms with Gasteiger partial charge in [-0.05, 0) is 34.4 Å². The van der Waals surface area contributed by atoms with Crippen molar-refractivity contribution in [3.05, 3.63) is 77.5 Å². The molecule has 2 N–H and O–H groups in total. The first kappa shape index (κ1) is 23.2. The standard InChI is InChI=1S/C26H26N8O2/c1-3-4-9-23-27-15-19(14-22-25(35)28-26(36)33(22)2)34(23)16-17-10-12-18(13-11-17)20-7-5-6-8-21(20)24-29-31-32-30-24/h5-8,10-15H,3-4,9,16H2,1-2H3,(H,28,35,36)(H,29,30,31,32)/b22-14-. The van der Waals surface area contributed by atoms with Crippen LogP contribution >= 0.6 is 0 Å². The van der Waals surface area contributed by atoms with Crippen molar-refractivity contribution >= 4 is 18.0 Å². The predicted molar refractivity (Wildman–Crippen MR) is 134 cm³/mol. The molecule has 0 aliphatic carbocycles. The number of aryl methyl sites for hydroxylation is 1. The van der Waals surface area contributed by atoms with E-state index in [9.17, 15) is 9.59 Å². The molecule has 1 aliphatic rings. The molecule has 0 bridgehead atoms. The highest BCUT2D eigenvalue weighted by atomic mass is 16.2. The first-order valence-corrected chi connectivity index (χ1v) is 11.8. The number of aromatic amines is 1. The second kappa shape index (κ2) is 9.95. The molecule has 10 heteroatoms. The molecule has 0 radical (unpaired) electrons. The summed E-state index contributed by atoms with van der Waals surface area (Å²) in [7, 11) is 1.58. The normalized spacial score (nSPS) is 14.6. The van der Waals surface area contributed by atoms with Gasteiger partial charge in [-0.1, -0.05) is 61.9 Å². The van der Waals surface area contributed by atoms with Crippen molar-refractivity contribution in [3.63, 3.8) is 0 Å². The Bertz CT molecular complexity index is 1420. The van der Waals surface area contributed by atoms with Crippen LogP contribution in [0.5, 0.6) is 0 Å².